The second-order valence-electron chi connectivity index (χ2n) is 7.96. The molecule has 1 heterocycles. The number of hydrogen-bond acceptors (Lipinski definition) is 5. The number of carbonyl (C=O) groups excluding carboxylic acids is 3. The van der Waals surface area contributed by atoms with Gasteiger partial charge < -0.3 is 5.32 Å². The van der Waals surface area contributed by atoms with Crippen molar-refractivity contribution in [2.45, 2.75) is 70.1 Å². The Morgan fingerprint density at radius 2 is 1.62 bits per heavy atom. The number of likely N-dealkylation sites (tertiary alicyclic amines) is 1. The summed E-state index contributed by atoms with van der Waals surface area (Å²) in [5.41, 5.74) is 5.38. The Morgan fingerprint density at radius 1 is 1.00 bits per heavy atom. The first kappa shape index (κ1) is 19.9. The van der Waals surface area contributed by atoms with Crippen molar-refractivity contribution in [1.29, 1.82) is 0 Å². The van der Waals surface area contributed by atoms with Crippen LogP contribution in [0.25, 0.3) is 0 Å². The molecule has 3 aliphatic rings. The standard InChI is InChI=1S/C20H25N3O5S/c1-12(24)23-17(25)9-4-10-18(23)29(27,28)22-20(26)21-19-15-7-2-5-13(15)11-14-6-3-8-16(14)19/h11,18H,2-10H2,1H3,(H2,21,22,26). The van der Waals surface area contributed by atoms with Gasteiger partial charge in [-0.2, -0.15) is 0 Å². The van der Waals surface area contributed by atoms with Crippen LogP contribution < -0.4 is 10.0 Å². The smallest absolute Gasteiger partial charge is 0.307 e. The summed E-state index contributed by atoms with van der Waals surface area (Å²) in [5.74, 6) is -1.16. The molecule has 1 aliphatic heterocycles. The molecule has 4 amide bonds. The van der Waals surface area contributed by atoms with Gasteiger partial charge in [0.05, 0.1) is 0 Å². The van der Waals surface area contributed by atoms with Gasteiger partial charge in [-0.25, -0.2) is 17.9 Å². The van der Waals surface area contributed by atoms with Crippen LogP contribution in [0.5, 0.6) is 0 Å². The number of nitrogens with zero attached hydrogens (tertiary/aromatic N) is 1. The monoisotopic (exact) mass is 419 g/mol. The number of sulfonamides is 1. The number of carbonyl (C=O) groups is 3. The van der Waals surface area contributed by atoms with Gasteiger partial charge in [-0.05, 0) is 73.6 Å². The van der Waals surface area contributed by atoms with Crippen LogP contribution in [0.4, 0.5) is 10.5 Å². The second-order valence-corrected chi connectivity index (χ2v) is 9.80. The molecule has 1 atom stereocenters. The van der Waals surface area contributed by atoms with Gasteiger partial charge >= 0.3 is 6.03 Å². The molecule has 29 heavy (non-hydrogen) atoms. The lowest BCUT2D eigenvalue weighted by Crippen LogP contribution is -2.54. The lowest BCUT2D eigenvalue weighted by Gasteiger charge is -2.32. The molecule has 0 bridgehead atoms. The van der Waals surface area contributed by atoms with Crippen LogP contribution in [-0.4, -0.2) is 36.5 Å². The molecular weight excluding hydrogens is 394 g/mol. The number of anilines is 1. The molecule has 2 N–H and O–H groups in total. The minimum atomic E-state index is -4.24. The van der Waals surface area contributed by atoms with Gasteiger partial charge in [-0.3, -0.25) is 14.5 Å². The first-order valence-corrected chi connectivity index (χ1v) is 11.6. The van der Waals surface area contributed by atoms with E-state index < -0.39 is 33.2 Å². The van der Waals surface area contributed by atoms with Crippen molar-refractivity contribution in [2.75, 3.05) is 5.32 Å². The van der Waals surface area contributed by atoms with Gasteiger partial charge in [-0.15, -0.1) is 0 Å². The zero-order valence-corrected chi connectivity index (χ0v) is 17.2. The number of urea groups is 1. The highest BCUT2D eigenvalue weighted by molar-refractivity contribution is 7.90. The number of benzene rings is 1. The van der Waals surface area contributed by atoms with Crippen LogP contribution in [0.2, 0.25) is 0 Å². The molecule has 1 aromatic rings. The van der Waals surface area contributed by atoms with Crippen molar-refractivity contribution in [2.24, 2.45) is 0 Å². The third-order valence-corrected chi connectivity index (χ3v) is 7.68. The van der Waals surface area contributed by atoms with Gasteiger partial charge in [0, 0.05) is 19.0 Å². The van der Waals surface area contributed by atoms with E-state index in [-0.39, 0.29) is 12.8 Å². The van der Waals surface area contributed by atoms with Crippen LogP contribution >= 0.6 is 0 Å². The molecule has 0 spiro atoms. The molecule has 1 aromatic carbocycles. The van der Waals surface area contributed by atoms with E-state index in [2.05, 4.69) is 11.4 Å². The van der Waals surface area contributed by atoms with Crippen molar-refractivity contribution in [1.82, 2.24) is 9.62 Å². The van der Waals surface area contributed by atoms with Crippen LogP contribution in [-0.2, 0) is 45.3 Å². The molecule has 4 rings (SSSR count). The number of nitrogens with one attached hydrogen (secondary N) is 2. The summed E-state index contributed by atoms with van der Waals surface area (Å²) >= 11 is 0. The number of piperidine rings is 1. The van der Waals surface area contributed by atoms with E-state index >= 15 is 0 Å². The number of fused-ring (bicyclic) bond motifs is 2. The van der Waals surface area contributed by atoms with Crippen LogP contribution in [0.15, 0.2) is 6.07 Å². The van der Waals surface area contributed by atoms with Gasteiger partial charge in [0.15, 0.2) is 5.37 Å². The molecule has 1 fully saturated rings. The molecule has 0 radical (unpaired) electrons. The first-order chi connectivity index (χ1) is 13.8. The molecule has 1 unspecified atom stereocenters. The maximum atomic E-state index is 12.8. The zero-order valence-electron chi connectivity index (χ0n) is 16.4. The van der Waals surface area contributed by atoms with E-state index in [0.29, 0.717) is 6.42 Å². The quantitative estimate of drug-likeness (QED) is 0.778. The lowest BCUT2D eigenvalue weighted by atomic mass is 9.99. The summed E-state index contributed by atoms with van der Waals surface area (Å²) in [6.07, 6.45) is 6.29. The van der Waals surface area contributed by atoms with E-state index in [1.165, 1.54) is 11.1 Å². The molecule has 8 nitrogen and oxygen atoms in total. The van der Waals surface area contributed by atoms with Gasteiger partial charge in [-0.1, -0.05) is 6.07 Å². The number of aryl methyl sites for hydroxylation is 2. The largest absolute Gasteiger partial charge is 0.332 e. The fourth-order valence-electron chi connectivity index (χ4n) is 4.81. The fourth-order valence-corrected chi connectivity index (χ4v) is 6.28. The molecule has 0 saturated carbocycles. The molecular formula is C20H25N3O5S. The molecule has 9 heteroatoms. The Bertz CT molecular complexity index is 970. The van der Waals surface area contributed by atoms with Gasteiger partial charge in [0.1, 0.15) is 0 Å². The maximum absolute atomic E-state index is 12.8. The average molecular weight is 420 g/mol. The van der Waals surface area contributed by atoms with E-state index in [4.69, 9.17) is 0 Å². The Kier molecular flexibility index (Phi) is 5.10. The molecule has 2 aliphatic carbocycles. The first-order valence-electron chi connectivity index (χ1n) is 10.1. The lowest BCUT2D eigenvalue weighted by molar-refractivity contribution is -0.146. The third kappa shape index (κ3) is 3.63. The van der Waals surface area contributed by atoms with Crippen LogP contribution in [0, 0.1) is 0 Å². The van der Waals surface area contributed by atoms with Crippen LogP contribution in [0.1, 0.15) is 61.3 Å². The molecule has 156 valence electrons. The SMILES string of the molecule is CC(=O)N1C(=O)CCCC1S(=O)(=O)NC(=O)Nc1c2c(cc3c1CCC3)CCC2. The normalized spacial score (nSPS) is 20.9. The summed E-state index contributed by atoms with van der Waals surface area (Å²) in [4.78, 5) is 37.2. The van der Waals surface area contributed by atoms with Crippen LogP contribution in [0.3, 0.4) is 0 Å². The van der Waals surface area contributed by atoms with E-state index in [0.717, 1.165) is 67.2 Å². The minimum Gasteiger partial charge on any atom is -0.307 e. The summed E-state index contributed by atoms with van der Waals surface area (Å²) in [5, 5.41) is 1.41. The van der Waals surface area contributed by atoms with Gasteiger partial charge in [0.25, 0.3) is 10.0 Å². The Morgan fingerprint density at radius 3 is 2.21 bits per heavy atom. The predicted octanol–water partition coefficient (Wildman–Crippen LogP) is 2.00. The highest BCUT2D eigenvalue weighted by Gasteiger charge is 2.40. The third-order valence-electron chi connectivity index (χ3n) is 6.04. The summed E-state index contributed by atoms with van der Waals surface area (Å²) < 4.78 is 27.6. The number of imide groups is 1. The number of rotatable bonds is 3. The van der Waals surface area contributed by atoms with E-state index in [1.54, 1.807) is 0 Å². The van der Waals surface area contributed by atoms with Crippen molar-refractivity contribution in [3.63, 3.8) is 0 Å². The van der Waals surface area contributed by atoms with Crippen molar-refractivity contribution in [3.05, 3.63) is 28.3 Å². The number of amides is 4. The van der Waals surface area contributed by atoms with Crippen molar-refractivity contribution >= 4 is 33.6 Å². The van der Waals surface area contributed by atoms with Crippen molar-refractivity contribution < 1.29 is 22.8 Å². The van der Waals surface area contributed by atoms with Crippen molar-refractivity contribution in [3.8, 4) is 0 Å². The molecule has 1 saturated heterocycles. The van der Waals surface area contributed by atoms with Gasteiger partial charge in [0.2, 0.25) is 11.8 Å². The Labute approximate surface area is 170 Å². The zero-order chi connectivity index (χ0) is 20.8. The van der Waals surface area contributed by atoms with E-state index in [9.17, 15) is 22.8 Å². The summed E-state index contributed by atoms with van der Waals surface area (Å²) in [6.45, 7) is 1.16. The Hall–Kier alpha value is -2.42. The summed E-state index contributed by atoms with van der Waals surface area (Å²) in [7, 11) is -4.24. The average Bonchev–Trinajstić information content (AvgIpc) is 3.29. The second kappa shape index (κ2) is 7.44. The highest BCUT2D eigenvalue weighted by atomic mass is 32.2. The fraction of sp³-hybridized carbons (Fsp3) is 0.550. The minimum absolute atomic E-state index is 0.115. The van der Waals surface area contributed by atoms with E-state index in [1.807, 2.05) is 4.72 Å². The number of hydrogen-bond donors (Lipinski definition) is 2. The highest BCUT2D eigenvalue weighted by Crippen LogP contribution is 2.38. The predicted molar refractivity (Wildman–Crippen MR) is 107 cm³/mol. The topological polar surface area (TPSA) is 113 Å². The Balaban J connectivity index is 1.56. The summed E-state index contributed by atoms with van der Waals surface area (Å²) in [6, 6.07) is 1.38. The maximum Gasteiger partial charge on any atom is 0.332 e. The molecule has 0 aromatic heterocycles.